The largest absolute Gasteiger partial charge is 0.355 e. The second kappa shape index (κ2) is 5.63. The van der Waals surface area contributed by atoms with Gasteiger partial charge in [-0.3, -0.25) is 9.78 Å². The van der Waals surface area contributed by atoms with Crippen molar-refractivity contribution in [2.45, 2.75) is 18.9 Å². The van der Waals surface area contributed by atoms with Crippen LogP contribution in [0.4, 0.5) is 11.4 Å². The summed E-state index contributed by atoms with van der Waals surface area (Å²) in [6.07, 6.45) is 3.71. The van der Waals surface area contributed by atoms with Crippen molar-refractivity contribution in [1.82, 2.24) is 10.3 Å². The highest BCUT2D eigenvalue weighted by atomic mass is 16.2. The maximum atomic E-state index is 11.9. The number of carbonyl (C=O) groups is 1. The summed E-state index contributed by atoms with van der Waals surface area (Å²) < 4.78 is 0. The van der Waals surface area contributed by atoms with Crippen LogP contribution in [0, 0.1) is 11.3 Å². The lowest BCUT2D eigenvalue weighted by Gasteiger charge is -2.08. The van der Waals surface area contributed by atoms with Gasteiger partial charge in [-0.1, -0.05) is 0 Å². The van der Waals surface area contributed by atoms with Gasteiger partial charge in [-0.05, 0) is 49.2 Å². The average molecular weight is 278 g/mol. The van der Waals surface area contributed by atoms with Crippen molar-refractivity contribution in [2.75, 3.05) is 5.32 Å². The van der Waals surface area contributed by atoms with E-state index in [2.05, 4.69) is 21.7 Å². The number of anilines is 2. The van der Waals surface area contributed by atoms with Crippen LogP contribution in [-0.4, -0.2) is 16.9 Å². The fourth-order valence-corrected chi connectivity index (χ4v) is 1.91. The quantitative estimate of drug-likeness (QED) is 0.901. The number of nitrogens with zero attached hydrogens (tertiary/aromatic N) is 2. The Bertz CT molecular complexity index is 699. The highest BCUT2D eigenvalue weighted by Crippen LogP contribution is 2.20. The number of benzene rings is 1. The van der Waals surface area contributed by atoms with Gasteiger partial charge in [0.25, 0.3) is 5.91 Å². The molecular formula is C16H14N4O. The molecule has 1 aromatic carbocycles. The predicted octanol–water partition coefficient (Wildman–Crippen LogP) is 2.59. The molecule has 1 fully saturated rings. The van der Waals surface area contributed by atoms with Gasteiger partial charge >= 0.3 is 0 Å². The normalized spacial score (nSPS) is 13.3. The van der Waals surface area contributed by atoms with Crippen LogP contribution >= 0.6 is 0 Å². The molecule has 5 heteroatoms. The van der Waals surface area contributed by atoms with Gasteiger partial charge < -0.3 is 10.6 Å². The molecule has 5 nitrogen and oxygen atoms in total. The lowest BCUT2D eigenvalue weighted by atomic mass is 10.2. The molecular weight excluding hydrogens is 264 g/mol. The van der Waals surface area contributed by atoms with Crippen LogP contribution in [0.15, 0.2) is 42.6 Å². The monoisotopic (exact) mass is 278 g/mol. The molecule has 1 saturated carbocycles. The van der Waals surface area contributed by atoms with E-state index in [0.717, 1.165) is 24.2 Å². The number of aromatic nitrogens is 1. The molecule has 2 N–H and O–H groups in total. The summed E-state index contributed by atoms with van der Waals surface area (Å²) >= 11 is 0. The van der Waals surface area contributed by atoms with Gasteiger partial charge in [0, 0.05) is 23.6 Å². The van der Waals surface area contributed by atoms with Crippen LogP contribution in [0.3, 0.4) is 0 Å². The summed E-state index contributed by atoms with van der Waals surface area (Å²) in [6.45, 7) is 0. The third-order valence-corrected chi connectivity index (χ3v) is 3.21. The number of nitriles is 1. The summed E-state index contributed by atoms with van der Waals surface area (Å²) in [5, 5.41) is 14.9. The molecule has 1 aromatic heterocycles. The smallest absolute Gasteiger partial charge is 0.270 e. The number of pyridine rings is 1. The zero-order chi connectivity index (χ0) is 14.7. The standard InChI is InChI=1S/C16H14N4O/c17-10-11-1-3-12(4-2-11)19-14-7-8-18-15(9-14)16(21)20-13-5-6-13/h1-4,7-9,13H,5-6H2,(H,18,19)(H,20,21). The second-order valence-electron chi connectivity index (χ2n) is 4.99. The first-order chi connectivity index (χ1) is 10.2. The Morgan fingerprint density at radius 1 is 1.19 bits per heavy atom. The summed E-state index contributed by atoms with van der Waals surface area (Å²) in [7, 11) is 0. The summed E-state index contributed by atoms with van der Waals surface area (Å²) in [5.74, 6) is -0.138. The van der Waals surface area contributed by atoms with E-state index in [1.807, 2.05) is 12.1 Å². The van der Waals surface area contributed by atoms with Crippen molar-refractivity contribution in [3.8, 4) is 6.07 Å². The van der Waals surface area contributed by atoms with Gasteiger partial charge in [-0.2, -0.15) is 5.26 Å². The number of hydrogen-bond donors (Lipinski definition) is 2. The molecule has 1 aliphatic carbocycles. The molecule has 2 aromatic rings. The van der Waals surface area contributed by atoms with Crippen LogP contribution in [0.5, 0.6) is 0 Å². The highest BCUT2D eigenvalue weighted by molar-refractivity contribution is 5.93. The van der Waals surface area contributed by atoms with E-state index in [0.29, 0.717) is 17.3 Å². The molecule has 0 spiro atoms. The Kier molecular flexibility index (Phi) is 3.52. The third-order valence-electron chi connectivity index (χ3n) is 3.21. The lowest BCUT2D eigenvalue weighted by Crippen LogP contribution is -2.26. The minimum Gasteiger partial charge on any atom is -0.355 e. The molecule has 0 bridgehead atoms. The van der Waals surface area contributed by atoms with Crippen molar-refractivity contribution in [2.24, 2.45) is 0 Å². The maximum Gasteiger partial charge on any atom is 0.270 e. The maximum absolute atomic E-state index is 11.9. The highest BCUT2D eigenvalue weighted by Gasteiger charge is 2.24. The minimum atomic E-state index is -0.138. The first kappa shape index (κ1) is 13.1. The number of carbonyl (C=O) groups excluding carboxylic acids is 1. The topological polar surface area (TPSA) is 77.8 Å². The molecule has 0 atom stereocenters. The van der Waals surface area contributed by atoms with Crippen LogP contribution < -0.4 is 10.6 Å². The molecule has 21 heavy (non-hydrogen) atoms. The van der Waals surface area contributed by atoms with Gasteiger partial charge in [0.15, 0.2) is 0 Å². The molecule has 0 unspecified atom stereocenters. The SMILES string of the molecule is N#Cc1ccc(Nc2ccnc(C(=O)NC3CC3)c2)cc1. The Labute approximate surface area is 122 Å². The van der Waals surface area contributed by atoms with Gasteiger partial charge in [-0.25, -0.2) is 0 Å². The molecule has 1 heterocycles. The van der Waals surface area contributed by atoms with Crippen LogP contribution in [0.25, 0.3) is 0 Å². The van der Waals surface area contributed by atoms with Crippen LogP contribution in [0.2, 0.25) is 0 Å². The van der Waals surface area contributed by atoms with Crippen LogP contribution in [0.1, 0.15) is 28.9 Å². The van der Waals surface area contributed by atoms with Crippen molar-refractivity contribution < 1.29 is 4.79 Å². The minimum absolute atomic E-state index is 0.138. The Balaban J connectivity index is 1.72. The Hall–Kier alpha value is -2.87. The molecule has 0 aliphatic heterocycles. The van der Waals surface area contributed by atoms with Crippen LogP contribution in [-0.2, 0) is 0 Å². The second-order valence-corrected chi connectivity index (χ2v) is 4.99. The predicted molar refractivity (Wildman–Crippen MR) is 79.2 cm³/mol. The van der Waals surface area contributed by atoms with E-state index in [1.54, 1.807) is 30.5 Å². The van der Waals surface area contributed by atoms with E-state index in [4.69, 9.17) is 5.26 Å². The lowest BCUT2D eigenvalue weighted by molar-refractivity contribution is 0.0946. The van der Waals surface area contributed by atoms with Crippen molar-refractivity contribution in [3.63, 3.8) is 0 Å². The van der Waals surface area contributed by atoms with Crippen molar-refractivity contribution in [3.05, 3.63) is 53.9 Å². The number of amides is 1. The number of rotatable bonds is 4. The van der Waals surface area contributed by atoms with E-state index in [9.17, 15) is 4.79 Å². The zero-order valence-electron chi connectivity index (χ0n) is 11.3. The van der Waals surface area contributed by atoms with Crippen molar-refractivity contribution >= 4 is 17.3 Å². The van der Waals surface area contributed by atoms with Gasteiger partial charge in [0.1, 0.15) is 5.69 Å². The Morgan fingerprint density at radius 2 is 1.95 bits per heavy atom. The average Bonchev–Trinajstić information content (AvgIpc) is 3.32. The fourth-order valence-electron chi connectivity index (χ4n) is 1.91. The fraction of sp³-hybridized carbons (Fsp3) is 0.188. The van der Waals surface area contributed by atoms with E-state index in [1.165, 1.54) is 0 Å². The van der Waals surface area contributed by atoms with Gasteiger partial charge in [-0.15, -0.1) is 0 Å². The molecule has 1 aliphatic rings. The Morgan fingerprint density at radius 3 is 2.62 bits per heavy atom. The molecule has 104 valence electrons. The van der Waals surface area contributed by atoms with E-state index < -0.39 is 0 Å². The molecule has 0 radical (unpaired) electrons. The summed E-state index contributed by atoms with van der Waals surface area (Å²) in [6, 6.07) is 13.0. The number of hydrogen-bond acceptors (Lipinski definition) is 4. The third kappa shape index (κ3) is 3.37. The molecule has 0 saturated heterocycles. The first-order valence-electron chi connectivity index (χ1n) is 6.79. The van der Waals surface area contributed by atoms with Gasteiger partial charge in [0.2, 0.25) is 0 Å². The molecule has 1 amide bonds. The van der Waals surface area contributed by atoms with E-state index in [-0.39, 0.29) is 5.91 Å². The van der Waals surface area contributed by atoms with Gasteiger partial charge in [0.05, 0.1) is 11.6 Å². The zero-order valence-corrected chi connectivity index (χ0v) is 11.3. The summed E-state index contributed by atoms with van der Waals surface area (Å²) in [4.78, 5) is 16.0. The summed E-state index contributed by atoms with van der Waals surface area (Å²) in [5.41, 5.74) is 2.66. The first-order valence-corrected chi connectivity index (χ1v) is 6.79. The van der Waals surface area contributed by atoms with Crippen molar-refractivity contribution in [1.29, 1.82) is 5.26 Å². The van der Waals surface area contributed by atoms with E-state index >= 15 is 0 Å². The number of nitrogens with one attached hydrogen (secondary N) is 2. The molecule has 3 rings (SSSR count).